The minimum absolute atomic E-state index is 0.106. The number of aromatic nitrogens is 3. The van der Waals surface area contributed by atoms with Crippen LogP contribution in [0, 0.1) is 11.8 Å². The summed E-state index contributed by atoms with van der Waals surface area (Å²) in [6.07, 6.45) is 2.86. The lowest BCUT2D eigenvalue weighted by Gasteiger charge is -2.12. The number of ether oxygens (including phenoxy) is 2. The van der Waals surface area contributed by atoms with Crippen molar-refractivity contribution in [1.29, 1.82) is 0 Å². The smallest absolute Gasteiger partial charge is 0.324 e. The molecule has 3 aromatic rings. The summed E-state index contributed by atoms with van der Waals surface area (Å²) in [5.41, 5.74) is 1.42. The van der Waals surface area contributed by atoms with Crippen molar-refractivity contribution in [3.63, 3.8) is 0 Å². The standard InChI is InChI=1S/C25H28N6O5/c1-25(2,3)20-13-21(31-36-20)30-24(33)28-18-7-5-6-17(12-18)8-9-19-14-27-22(15-26-19)29-23(32)16-35-11-10-34-4/h5-7,12-15H,10-11,16H2,1-4H3,(H,27,29,32)(H2,28,30,31,33). The Balaban J connectivity index is 1.53. The third-order valence-corrected chi connectivity index (χ3v) is 4.53. The second-order valence-corrected chi connectivity index (χ2v) is 8.62. The fourth-order valence-electron chi connectivity index (χ4n) is 2.72. The molecular weight excluding hydrogens is 464 g/mol. The number of hydrogen-bond donors (Lipinski definition) is 3. The maximum absolute atomic E-state index is 12.3. The van der Waals surface area contributed by atoms with Crippen LogP contribution in [0.3, 0.4) is 0 Å². The van der Waals surface area contributed by atoms with E-state index in [0.29, 0.717) is 47.6 Å². The van der Waals surface area contributed by atoms with Gasteiger partial charge in [-0.2, -0.15) is 0 Å². The number of rotatable bonds is 8. The van der Waals surface area contributed by atoms with Crippen molar-refractivity contribution in [1.82, 2.24) is 15.1 Å². The van der Waals surface area contributed by atoms with Crippen molar-refractivity contribution in [2.75, 3.05) is 42.9 Å². The molecule has 0 spiro atoms. The van der Waals surface area contributed by atoms with Crippen LogP contribution in [0.25, 0.3) is 0 Å². The summed E-state index contributed by atoms with van der Waals surface area (Å²) in [7, 11) is 1.56. The van der Waals surface area contributed by atoms with Gasteiger partial charge in [0.05, 0.1) is 25.6 Å². The second kappa shape index (κ2) is 12.4. The van der Waals surface area contributed by atoms with Crippen LogP contribution in [0.2, 0.25) is 0 Å². The molecule has 0 bridgehead atoms. The van der Waals surface area contributed by atoms with Crippen molar-refractivity contribution in [2.45, 2.75) is 26.2 Å². The van der Waals surface area contributed by atoms with Crippen LogP contribution in [0.5, 0.6) is 0 Å². The van der Waals surface area contributed by atoms with Crippen LogP contribution in [0.4, 0.5) is 22.1 Å². The number of nitrogens with zero attached hydrogens (tertiary/aromatic N) is 3. The number of methoxy groups -OCH3 is 1. The number of urea groups is 1. The molecule has 0 atom stereocenters. The molecule has 36 heavy (non-hydrogen) atoms. The molecule has 1 aromatic carbocycles. The molecule has 2 aromatic heterocycles. The first kappa shape index (κ1) is 26.3. The molecule has 0 saturated heterocycles. The summed E-state index contributed by atoms with van der Waals surface area (Å²) in [6.45, 7) is 6.60. The Bertz CT molecular complexity index is 1240. The van der Waals surface area contributed by atoms with Crippen molar-refractivity contribution < 1.29 is 23.6 Å². The van der Waals surface area contributed by atoms with Crippen LogP contribution in [-0.2, 0) is 19.7 Å². The van der Waals surface area contributed by atoms with Crippen LogP contribution >= 0.6 is 0 Å². The van der Waals surface area contributed by atoms with Gasteiger partial charge in [0.15, 0.2) is 11.6 Å². The molecule has 0 saturated carbocycles. The van der Waals surface area contributed by atoms with E-state index in [4.69, 9.17) is 14.0 Å². The van der Waals surface area contributed by atoms with Gasteiger partial charge in [-0.3, -0.25) is 10.1 Å². The summed E-state index contributed by atoms with van der Waals surface area (Å²) in [5.74, 6) is 6.82. The summed E-state index contributed by atoms with van der Waals surface area (Å²) in [6, 6.07) is 8.27. The third kappa shape index (κ3) is 8.50. The van der Waals surface area contributed by atoms with Gasteiger partial charge in [0.1, 0.15) is 18.1 Å². The lowest BCUT2D eigenvalue weighted by atomic mass is 9.93. The highest BCUT2D eigenvalue weighted by Gasteiger charge is 2.20. The van der Waals surface area contributed by atoms with Crippen molar-refractivity contribution in [3.05, 3.63) is 59.7 Å². The minimum Gasteiger partial charge on any atom is -0.382 e. The topological polar surface area (TPSA) is 140 Å². The lowest BCUT2D eigenvalue weighted by Crippen LogP contribution is -2.20. The normalized spacial score (nSPS) is 10.8. The molecule has 0 radical (unpaired) electrons. The molecule has 0 aliphatic carbocycles. The number of carbonyl (C=O) groups is 2. The fraction of sp³-hybridized carbons (Fsp3) is 0.320. The number of nitrogens with one attached hydrogen (secondary N) is 3. The zero-order valence-corrected chi connectivity index (χ0v) is 20.5. The molecule has 3 amide bonds. The maximum Gasteiger partial charge on any atom is 0.324 e. The van der Waals surface area contributed by atoms with Gasteiger partial charge >= 0.3 is 6.03 Å². The van der Waals surface area contributed by atoms with Gasteiger partial charge in [0.25, 0.3) is 5.91 Å². The molecular formula is C25H28N6O5. The Labute approximate surface area is 209 Å². The van der Waals surface area contributed by atoms with Crippen LogP contribution in [0.15, 0.2) is 47.2 Å². The van der Waals surface area contributed by atoms with E-state index in [1.54, 1.807) is 37.4 Å². The van der Waals surface area contributed by atoms with Gasteiger partial charge < -0.3 is 24.6 Å². The summed E-state index contributed by atoms with van der Waals surface area (Å²) >= 11 is 0. The Morgan fingerprint density at radius 2 is 1.83 bits per heavy atom. The van der Waals surface area contributed by atoms with Crippen LogP contribution < -0.4 is 16.0 Å². The number of carbonyl (C=O) groups excluding carboxylic acids is 2. The van der Waals surface area contributed by atoms with Crippen molar-refractivity contribution in [3.8, 4) is 11.8 Å². The Kier molecular flexibility index (Phi) is 9.10. The summed E-state index contributed by atoms with van der Waals surface area (Å²) in [4.78, 5) is 32.5. The molecule has 2 heterocycles. The highest BCUT2D eigenvalue weighted by atomic mass is 16.5. The van der Waals surface area contributed by atoms with Crippen molar-refractivity contribution >= 4 is 29.3 Å². The largest absolute Gasteiger partial charge is 0.382 e. The molecule has 0 fully saturated rings. The van der Waals surface area contributed by atoms with Gasteiger partial charge in [-0.05, 0) is 24.1 Å². The van der Waals surface area contributed by atoms with Gasteiger partial charge in [0.2, 0.25) is 0 Å². The highest BCUT2D eigenvalue weighted by Crippen LogP contribution is 2.24. The lowest BCUT2D eigenvalue weighted by molar-refractivity contribution is -0.121. The monoisotopic (exact) mass is 492 g/mol. The Morgan fingerprint density at radius 1 is 1.00 bits per heavy atom. The van der Waals surface area contributed by atoms with E-state index in [1.807, 2.05) is 20.8 Å². The zero-order chi connectivity index (χ0) is 26.0. The Morgan fingerprint density at radius 3 is 2.53 bits per heavy atom. The predicted octanol–water partition coefficient (Wildman–Crippen LogP) is 3.41. The van der Waals surface area contributed by atoms with Crippen molar-refractivity contribution in [2.24, 2.45) is 0 Å². The van der Waals surface area contributed by atoms with E-state index in [2.05, 4.69) is 42.9 Å². The quantitative estimate of drug-likeness (QED) is 0.321. The molecule has 11 nitrogen and oxygen atoms in total. The van der Waals surface area contributed by atoms with Gasteiger partial charge in [-0.25, -0.2) is 14.8 Å². The highest BCUT2D eigenvalue weighted by molar-refractivity contribution is 5.99. The molecule has 0 aliphatic rings. The molecule has 188 valence electrons. The average molecular weight is 493 g/mol. The van der Waals surface area contributed by atoms with E-state index in [-0.39, 0.29) is 17.9 Å². The van der Waals surface area contributed by atoms with Gasteiger partial charge in [-0.1, -0.05) is 37.9 Å². The van der Waals surface area contributed by atoms with Crippen LogP contribution in [0.1, 0.15) is 37.8 Å². The van der Waals surface area contributed by atoms with E-state index in [0.717, 1.165) is 0 Å². The minimum atomic E-state index is -0.457. The number of anilines is 3. The van der Waals surface area contributed by atoms with E-state index in [1.165, 1.54) is 12.4 Å². The molecule has 0 aliphatic heterocycles. The molecule has 0 unspecified atom stereocenters. The number of amides is 3. The number of benzene rings is 1. The first-order valence-electron chi connectivity index (χ1n) is 11.1. The third-order valence-electron chi connectivity index (χ3n) is 4.53. The molecule has 3 rings (SSSR count). The van der Waals surface area contributed by atoms with Crippen LogP contribution in [-0.4, -0.2) is 54.0 Å². The van der Waals surface area contributed by atoms with Gasteiger partial charge in [0, 0.05) is 29.8 Å². The predicted molar refractivity (Wildman–Crippen MR) is 134 cm³/mol. The summed E-state index contributed by atoms with van der Waals surface area (Å²) < 4.78 is 15.3. The average Bonchev–Trinajstić information content (AvgIpc) is 3.31. The zero-order valence-electron chi connectivity index (χ0n) is 20.5. The molecule has 3 N–H and O–H groups in total. The first-order valence-corrected chi connectivity index (χ1v) is 11.1. The van der Waals surface area contributed by atoms with E-state index >= 15 is 0 Å². The van der Waals surface area contributed by atoms with E-state index < -0.39 is 6.03 Å². The fourth-order valence-corrected chi connectivity index (χ4v) is 2.72. The van der Waals surface area contributed by atoms with Gasteiger partial charge in [-0.15, -0.1) is 0 Å². The Hall–Kier alpha value is -4.27. The first-order chi connectivity index (χ1) is 17.2. The number of hydrogen-bond acceptors (Lipinski definition) is 8. The van der Waals surface area contributed by atoms with E-state index in [9.17, 15) is 9.59 Å². The maximum atomic E-state index is 12.3. The molecule has 11 heteroatoms. The SMILES string of the molecule is COCCOCC(=O)Nc1cnc(C#Cc2cccc(NC(=O)Nc3cc(C(C)(C)C)on3)c2)cn1. The summed E-state index contributed by atoms with van der Waals surface area (Å²) in [5, 5.41) is 11.8. The second-order valence-electron chi connectivity index (χ2n) is 8.62.